The van der Waals surface area contributed by atoms with E-state index in [2.05, 4.69) is 24.1 Å². The van der Waals surface area contributed by atoms with Gasteiger partial charge in [0.25, 0.3) is 0 Å². The first-order valence-corrected chi connectivity index (χ1v) is 7.93. The number of hydrogen-bond acceptors (Lipinski definition) is 3. The zero-order chi connectivity index (χ0) is 15.0. The van der Waals surface area contributed by atoms with Gasteiger partial charge in [-0.1, -0.05) is 0 Å². The molecule has 1 saturated heterocycles. The minimum Gasteiger partial charge on any atom is -0.444 e. The Labute approximate surface area is 123 Å². The second-order valence-electron chi connectivity index (χ2n) is 7.88. The van der Waals surface area contributed by atoms with Crippen LogP contribution in [0.2, 0.25) is 0 Å². The number of alkyl carbamates (subject to hydrolysis) is 1. The summed E-state index contributed by atoms with van der Waals surface area (Å²) in [4.78, 5) is 14.3. The van der Waals surface area contributed by atoms with Gasteiger partial charge in [-0.3, -0.25) is 0 Å². The van der Waals surface area contributed by atoms with Crippen LogP contribution in [0.3, 0.4) is 0 Å². The van der Waals surface area contributed by atoms with Gasteiger partial charge in [0.1, 0.15) is 5.60 Å². The lowest BCUT2D eigenvalue weighted by molar-refractivity contribution is -0.00889. The largest absolute Gasteiger partial charge is 0.444 e. The minimum atomic E-state index is -0.409. The fraction of sp³-hybridized carbons (Fsp3) is 0.938. The highest BCUT2D eigenvalue weighted by molar-refractivity contribution is 5.68. The molecule has 0 unspecified atom stereocenters. The maximum absolute atomic E-state index is 11.7. The van der Waals surface area contributed by atoms with Crippen LogP contribution >= 0.6 is 0 Å². The standard InChI is InChI=1S/C16H30N2O2/c1-12(2)18-8-6-16(7-9-18)10-13(11-16)17-14(19)20-15(3,4)5/h12-13H,6-11H2,1-5H3,(H,17,19). The molecule has 2 aliphatic rings. The molecule has 1 amide bonds. The Kier molecular flexibility index (Phi) is 4.33. The molecular formula is C16H30N2O2. The molecule has 0 bridgehead atoms. The van der Waals surface area contributed by atoms with E-state index in [1.807, 2.05) is 20.8 Å². The number of hydrogen-bond donors (Lipinski definition) is 1. The summed E-state index contributed by atoms with van der Waals surface area (Å²) < 4.78 is 5.31. The van der Waals surface area contributed by atoms with Crippen molar-refractivity contribution in [1.82, 2.24) is 10.2 Å². The summed E-state index contributed by atoms with van der Waals surface area (Å²) in [6.45, 7) is 12.6. The number of nitrogens with one attached hydrogen (secondary N) is 1. The van der Waals surface area contributed by atoms with Crippen molar-refractivity contribution in [3.05, 3.63) is 0 Å². The number of amides is 1. The number of likely N-dealkylation sites (tertiary alicyclic amines) is 1. The van der Waals surface area contributed by atoms with E-state index in [0.29, 0.717) is 17.5 Å². The van der Waals surface area contributed by atoms with Crippen molar-refractivity contribution < 1.29 is 9.53 Å². The molecule has 1 N–H and O–H groups in total. The number of carbonyl (C=O) groups excluding carboxylic acids is 1. The summed E-state index contributed by atoms with van der Waals surface area (Å²) in [6, 6.07) is 0.971. The molecule has 116 valence electrons. The molecule has 0 aromatic carbocycles. The van der Waals surface area contributed by atoms with Gasteiger partial charge in [0.05, 0.1) is 0 Å². The van der Waals surface area contributed by atoms with Crippen LogP contribution in [-0.4, -0.2) is 41.8 Å². The van der Waals surface area contributed by atoms with Gasteiger partial charge in [-0.05, 0) is 78.8 Å². The smallest absolute Gasteiger partial charge is 0.407 e. The third-order valence-corrected chi connectivity index (χ3v) is 4.67. The molecule has 2 fully saturated rings. The van der Waals surface area contributed by atoms with Crippen LogP contribution in [0, 0.1) is 5.41 Å². The molecule has 20 heavy (non-hydrogen) atoms. The van der Waals surface area contributed by atoms with E-state index >= 15 is 0 Å². The SMILES string of the molecule is CC(C)N1CCC2(CC1)CC(NC(=O)OC(C)(C)C)C2. The highest BCUT2D eigenvalue weighted by Crippen LogP contribution is 2.49. The summed E-state index contributed by atoms with van der Waals surface area (Å²) in [5, 5.41) is 3.00. The average molecular weight is 282 g/mol. The second kappa shape index (κ2) is 5.55. The van der Waals surface area contributed by atoms with E-state index < -0.39 is 5.60 Å². The summed E-state index contributed by atoms with van der Waals surface area (Å²) in [5.41, 5.74) is 0.0825. The molecule has 4 nitrogen and oxygen atoms in total. The van der Waals surface area contributed by atoms with Gasteiger partial charge in [-0.2, -0.15) is 0 Å². The number of nitrogens with zero attached hydrogens (tertiary/aromatic N) is 1. The van der Waals surface area contributed by atoms with Crippen molar-refractivity contribution in [1.29, 1.82) is 0 Å². The van der Waals surface area contributed by atoms with Gasteiger partial charge < -0.3 is 15.0 Å². The van der Waals surface area contributed by atoms with Gasteiger partial charge in [-0.25, -0.2) is 4.79 Å². The maximum Gasteiger partial charge on any atom is 0.407 e. The van der Waals surface area contributed by atoms with Crippen molar-refractivity contribution in [2.75, 3.05) is 13.1 Å². The Morgan fingerprint density at radius 3 is 2.25 bits per heavy atom. The fourth-order valence-electron chi connectivity index (χ4n) is 3.48. The number of rotatable bonds is 2. The van der Waals surface area contributed by atoms with Crippen molar-refractivity contribution in [2.24, 2.45) is 5.41 Å². The van der Waals surface area contributed by atoms with E-state index in [9.17, 15) is 4.79 Å². The zero-order valence-corrected chi connectivity index (χ0v) is 13.7. The van der Waals surface area contributed by atoms with Crippen LogP contribution in [-0.2, 0) is 4.74 Å². The third kappa shape index (κ3) is 3.87. The summed E-state index contributed by atoms with van der Waals surface area (Å²) in [6.07, 6.45) is 4.53. The van der Waals surface area contributed by atoms with Gasteiger partial charge in [-0.15, -0.1) is 0 Å². The van der Waals surface area contributed by atoms with Crippen molar-refractivity contribution >= 4 is 6.09 Å². The van der Waals surface area contributed by atoms with Gasteiger partial charge in [0.15, 0.2) is 0 Å². The lowest BCUT2D eigenvalue weighted by Crippen LogP contribution is -2.56. The van der Waals surface area contributed by atoms with Crippen molar-refractivity contribution in [2.45, 2.75) is 78.0 Å². The van der Waals surface area contributed by atoms with E-state index in [1.165, 1.54) is 25.9 Å². The second-order valence-corrected chi connectivity index (χ2v) is 7.88. The number of piperidine rings is 1. The van der Waals surface area contributed by atoms with Crippen molar-refractivity contribution in [3.63, 3.8) is 0 Å². The van der Waals surface area contributed by atoms with Crippen LogP contribution in [0.1, 0.15) is 60.3 Å². The molecule has 1 spiro atoms. The molecule has 1 aliphatic carbocycles. The highest BCUT2D eigenvalue weighted by atomic mass is 16.6. The van der Waals surface area contributed by atoms with Crippen LogP contribution in [0.4, 0.5) is 4.79 Å². The molecule has 1 saturated carbocycles. The monoisotopic (exact) mass is 282 g/mol. The predicted molar refractivity (Wildman–Crippen MR) is 80.8 cm³/mol. The average Bonchev–Trinajstić information content (AvgIpc) is 2.24. The number of carbonyl (C=O) groups is 1. The van der Waals surface area contributed by atoms with Crippen LogP contribution in [0.5, 0.6) is 0 Å². The van der Waals surface area contributed by atoms with E-state index in [-0.39, 0.29) is 6.09 Å². The molecule has 1 aliphatic heterocycles. The Morgan fingerprint density at radius 2 is 1.80 bits per heavy atom. The fourth-order valence-corrected chi connectivity index (χ4v) is 3.48. The predicted octanol–water partition coefficient (Wildman–Crippen LogP) is 3.16. The lowest BCUT2D eigenvalue weighted by atomic mass is 9.60. The zero-order valence-electron chi connectivity index (χ0n) is 13.7. The normalized spacial score (nSPS) is 23.7. The molecule has 0 aromatic rings. The quantitative estimate of drug-likeness (QED) is 0.846. The number of ether oxygens (including phenoxy) is 1. The lowest BCUT2D eigenvalue weighted by Gasteiger charge is -2.52. The maximum atomic E-state index is 11.7. The molecule has 0 aromatic heterocycles. The van der Waals surface area contributed by atoms with Crippen molar-refractivity contribution in [3.8, 4) is 0 Å². The van der Waals surface area contributed by atoms with E-state index in [4.69, 9.17) is 4.74 Å². The Hall–Kier alpha value is -0.770. The van der Waals surface area contributed by atoms with Gasteiger partial charge in [0.2, 0.25) is 0 Å². The molecule has 2 rings (SSSR count). The summed E-state index contributed by atoms with van der Waals surface area (Å²) in [7, 11) is 0. The highest BCUT2D eigenvalue weighted by Gasteiger charge is 2.46. The van der Waals surface area contributed by atoms with Crippen LogP contribution in [0.15, 0.2) is 0 Å². The third-order valence-electron chi connectivity index (χ3n) is 4.67. The van der Waals surface area contributed by atoms with Gasteiger partial charge in [0, 0.05) is 12.1 Å². The van der Waals surface area contributed by atoms with E-state index in [0.717, 1.165) is 12.8 Å². The van der Waals surface area contributed by atoms with Gasteiger partial charge >= 0.3 is 6.09 Å². The molecular weight excluding hydrogens is 252 g/mol. The Bertz CT molecular complexity index is 344. The molecule has 0 radical (unpaired) electrons. The molecule has 0 atom stereocenters. The molecule has 4 heteroatoms. The van der Waals surface area contributed by atoms with E-state index in [1.54, 1.807) is 0 Å². The Morgan fingerprint density at radius 1 is 1.25 bits per heavy atom. The first-order valence-electron chi connectivity index (χ1n) is 7.93. The summed E-state index contributed by atoms with van der Waals surface area (Å²) in [5.74, 6) is 0. The first-order chi connectivity index (χ1) is 9.19. The van der Waals surface area contributed by atoms with Crippen LogP contribution in [0.25, 0.3) is 0 Å². The topological polar surface area (TPSA) is 41.6 Å². The van der Waals surface area contributed by atoms with Crippen LogP contribution < -0.4 is 5.32 Å². The Balaban J connectivity index is 1.71. The summed E-state index contributed by atoms with van der Waals surface area (Å²) >= 11 is 0. The molecule has 1 heterocycles. The minimum absolute atomic E-state index is 0.267. The first kappa shape index (κ1) is 15.6.